The predicted molar refractivity (Wildman–Crippen MR) is 125 cm³/mol. The third-order valence-corrected chi connectivity index (χ3v) is 7.32. The van der Waals surface area contributed by atoms with E-state index in [4.69, 9.17) is 25.8 Å². The summed E-state index contributed by atoms with van der Waals surface area (Å²) in [5.74, 6) is 1.69. The molecule has 174 valence electrons. The average Bonchev–Trinajstić information content (AvgIpc) is 2.74. The first-order chi connectivity index (χ1) is 14.9. The summed E-state index contributed by atoms with van der Waals surface area (Å²) < 4.78 is 43.3. The van der Waals surface area contributed by atoms with Gasteiger partial charge in [-0.1, -0.05) is 0 Å². The van der Waals surface area contributed by atoms with Crippen LogP contribution in [0.4, 0.5) is 5.69 Å². The summed E-state index contributed by atoms with van der Waals surface area (Å²) in [7, 11) is -3.55. The summed E-state index contributed by atoms with van der Waals surface area (Å²) in [6.45, 7) is 9.57. The lowest BCUT2D eigenvalue weighted by atomic mass is 9.87. The van der Waals surface area contributed by atoms with Gasteiger partial charge in [-0.15, -0.1) is 11.6 Å². The van der Waals surface area contributed by atoms with Gasteiger partial charge in [0.1, 0.15) is 34.7 Å². The molecule has 1 unspecified atom stereocenters. The smallest absolute Gasteiger partial charge is 0.308 e. The lowest BCUT2D eigenvalue weighted by Crippen LogP contribution is -2.42. The lowest BCUT2D eigenvalue weighted by Gasteiger charge is -2.37. The van der Waals surface area contributed by atoms with E-state index in [2.05, 4.69) is 4.72 Å². The molecule has 2 aromatic rings. The summed E-state index contributed by atoms with van der Waals surface area (Å²) in [4.78, 5) is 11.5. The van der Waals surface area contributed by atoms with Crippen molar-refractivity contribution < 1.29 is 27.4 Å². The van der Waals surface area contributed by atoms with Gasteiger partial charge in [0.2, 0.25) is 10.0 Å². The highest BCUT2D eigenvalue weighted by molar-refractivity contribution is 7.93. The lowest BCUT2D eigenvalue weighted by molar-refractivity contribution is -0.132. The number of fused-ring (bicyclic) bond motifs is 1. The van der Waals surface area contributed by atoms with Crippen molar-refractivity contribution in [3.63, 3.8) is 0 Å². The minimum absolute atomic E-state index is 0.322. The fraction of sp³-hybridized carbons (Fsp3) is 0.435. The van der Waals surface area contributed by atoms with E-state index < -0.39 is 20.8 Å². The Balaban J connectivity index is 1.74. The molecule has 0 fully saturated rings. The number of sulfonamides is 1. The highest BCUT2D eigenvalue weighted by Crippen LogP contribution is 2.44. The molecule has 0 saturated carbocycles. The Morgan fingerprint density at radius 2 is 1.81 bits per heavy atom. The maximum atomic E-state index is 11.6. The van der Waals surface area contributed by atoms with Crippen LogP contribution in [0.3, 0.4) is 0 Å². The SMILES string of the molecule is CC(=O)Oc1c(C)c(C)c2c(c1C)CCC(C)(COc1ccc(NS(=O)(=O)CCl)cc1)O2. The molecule has 32 heavy (non-hydrogen) atoms. The number of anilines is 1. The molecular weight excluding hydrogens is 454 g/mol. The summed E-state index contributed by atoms with van der Waals surface area (Å²) >= 11 is 5.41. The van der Waals surface area contributed by atoms with Crippen LogP contribution < -0.4 is 18.9 Å². The molecular formula is C23H28ClNO6S. The van der Waals surface area contributed by atoms with E-state index in [1.165, 1.54) is 6.92 Å². The number of ether oxygens (including phenoxy) is 3. The number of esters is 1. The van der Waals surface area contributed by atoms with E-state index in [1.54, 1.807) is 24.3 Å². The molecule has 0 bridgehead atoms. The van der Waals surface area contributed by atoms with Crippen LogP contribution in [-0.2, 0) is 21.2 Å². The van der Waals surface area contributed by atoms with E-state index >= 15 is 0 Å². The minimum atomic E-state index is -3.55. The van der Waals surface area contributed by atoms with Crippen molar-refractivity contribution in [1.82, 2.24) is 0 Å². The third-order valence-electron chi connectivity index (χ3n) is 5.62. The second-order valence-corrected chi connectivity index (χ2v) is 10.6. The maximum absolute atomic E-state index is 11.6. The maximum Gasteiger partial charge on any atom is 0.308 e. The van der Waals surface area contributed by atoms with Crippen LogP contribution in [0.1, 0.15) is 42.5 Å². The Bertz CT molecular complexity index is 1130. The molecule has 0 radical (unpaired) electrons. The Kier molecular flexibility index (Phi) is 6.95. The van der Waals surface area contributed by atoms with Crippen molar-refractivity contribution in [1.29, 1.82) is 0 Å². The van der Waals surface area contributed by atoms with Crippen LogP contribution in [0, 0.1) is 20.8 Å². The van der Waals surface area contributed by atoms with Crippen LogP contribution >= 0.6 is 11.6 Å². The Morgan fingerprint density at radius 3 is 2.41 bits per heavy atom. The zero-order valence-corrected chi connectivity index (χ0v) is 20.4. The van der Waals surface area contributed by atoms with Crippen LogP contribution in [0.2, 0.25) is 0 Å². The quantitative estimate of drug-likeness (QED) is 0.352. The van der Waals surface area contributed by atoms with E-state index in [0.717, 1.165) is 40.8 Å². The Hall–Kier alpha value is -2.45. The van der Waals surface area contributed by atoms with E-state index in [-0.39, 0.29) is 5.97 Å². The van der Waals surface area contributed by atoms with Gasteiger partial charge in [-0.25, -0.2) is 8.42 Å². The number of halogens is 1. The van der Waals surface area contributed by atoms with Crippen LogP contribution in [-0.4, -0.2) is 31.8 Å². The molecule has 2 aromatic carbocycles. The van der Waals surface area contributed by atoms with Gasteiger partial charge in [0.15, 0.2) is 0 Å². The summed E-state index contributed by atoms with van der Waals surface area (Å²) in [5.41, 5.74) is 3.69. The number of hydrogen-bond donors (Lipinski definition) is 1. The molecule has 0 amide bonds. The van der Waals surface area contributed by atoms with Gasteiger partial charge in [0.25, 0.3) is 0 Å². The zero-order valence-electron chi connectivity index (χ0n) is 18.9. The molecule has 1 aliphatic heterocycles. The van der Waals surface area contributed by atoms with Gasteiger partial charge in [-0.3, -0.25) is 9.52 Å². The standard InChI is InChI=1S/C23H28ClNO6S/c1-14-15(2)22-20(16(3)21(14)30-17(4)26)10-11-23(5,31-22)12-29-19-8-6-18(7-9-19)25-32(27,28)13-24/h6-9,25H,10-13H2,1-5H3. The molecule has 0 aliphatic carbocycles. The molecule has 0 aromatic heterocycles. The van der Waals surface area contributed by atoms with Crippen molar-refractivity contribution in [2.75, 3.05) is 16.5 Å². The van der Waals surface area contributed by atoms with Gasteiger partial charge in [0, 0.05) is 18.2 Å². The number of carbonyl (C=O) groups is 1. The van der Waals surface area contributed by atoms with Crippen LogP contribution in [0.5, 0.6) is 17.2 Å². The fourth-order valence-corrected chi connectivity index (χ4v) is 4.46. The first-order valence-electron chi connectivity index (χ1n) is 10.2. The monoisotopic (exact) mass is 481 g/mol. The molecule has 9 heteroatoms. The van der Waals surface area contributed by atoms with Crippen molar-refractivity contribution in [2.45, 2.75) is 53.1 Å². The first-order valence-corrected chi connectivity index (χ1v) is 12.4. The van der Waals surface area contributed by atoms with E-state index in [9.17, 15) is 13.2 Å². The Labute approximate surface area is 194 Å². The van der Waals surface area contributed by atoms with Crippen LogP contribution in [0.25, 0.3) is 0 Å². The highest BCUT2D eigenvalue weighted by atomic mass is 35.5. The molecule has 1 N–H and O–H groups in total. The summed E-state index contributed by atoms with van der Waals surface area (Å²) in [6, 6.07) is 6.62. The van der Waals surface area contributed by atoms with Crippen molar-refractivity contribution in [3.05, 3.63) is 46.5 Å². The molecule has 1 heterocycles. The fourth-order valence-electron chi connectivity index (χ4n) is 3.74. The van der Waals surface area contributed by atoms with E-state index in [1.807, 2.05) is 27.7 Å². The third kappa shape index (κ3) is 5.30. The molecule has 1 atom stereocenters. The van der Waals surface area contributed by atoms with Gasteiger partial charge in [0.05, 0.1) is 0 Å². The predicted octanol–water partition coefficient (Wildman–Crippen LogP) is 4.64. The van der Waals surface area contributed by atoms with Crippen molar-refractivity contribution in [2.24, 2.45) is 0 Å². The van der Waals surface area contributed by atoms with Crippen molar-refractivity contribution in [3.8, 4) is 17.2 Å². The highest BCUT2D eigenvalue weighted by Gasteiger charge is 2.35. The number of benzene rings is 2. The largest absolute Gasteiger partial charge is 0.489 e. The van der Waals surface area contributed by atoms with Gasteiger partial charge >= 0.3 is 5.97 Å². The molecule has 1 aliphatic rings. The number of carbonyl (C=O) groups excluding carboxylic acids is 1. The van der Waals surface area contributed by atoms with Gasteiger partial charge in [-0.05, 0) is 81.5 Å². The normalized spacial score (nSPS) is 17.8. The second-order valence-electron chi connectivity index (χ2n) is 8.30. The Morgan fingerprint density at radius 1 is 1.16 bits per heavy atom. The summed E-state index contributed by atoms with van der Waals surface area (Å²) in [6.07, 6.45) is 1.51. The minimum Gasteiger partial charge on any atom is -0.489 e. The first kappa shape index (κ1) is 24.2. The zero-order chi connectivity index (χ0) is 23.7. The summed E-state index contributed by atoms with van der Waals surface area (Å²) in [5, 5.41) is -0.511. The van der Waals surface area contributed by atoms with Crippen molar-refractivity contribution >= 4 is 33.3 Å². The molecule has 0 saturated heterocycles. The van der Waals surface area contributed by atoms with Crippen LogP contribution in [0.15, 0.2) is 24.3 Å². The molecule has 7 nitrogen and oxygen atoms in total. The number of rotatable bonds is 7. The topological polar surface area (TPSA) is 90.9 Å². The second kappa shape index (κ2) is 9.19. The number of hydrogen-bond acceptors (Lipinski definition) is 6. The van der Waals surface area contributed by atoms with Gasteiger partial charge < -0.3 is 14.2 Å². The van der Waals surface area contributed by atoms with E-state index in [0.29, 0.717) is 23.8 Å². The number of nitrogens with one attached hydrogen (secondary N) is 1. The average molecular weight is 482 g/mol. The molecule has 0 spiro atoms. The van der Waals surface area contributed by atoms with Gasteiger partial charge in [-0.2, -0.15) is 0 Å². The molecule has 3 rings (SSSR count). The number of alkyl halides is 1.